The molecule has 14 heavy (non-hydrogen) atoms. The number of carboxylic acid groups (broad SMARTS) is 1. The Kier molecular flexibility index (Phi) is 1.84. The first-order chi connectivity index (χ1) is 6.36. The first-order valence-corrected chi connectivity index (χ1v) is 5.22. The molecule has 2 unspecified atom stereocenters. The van der Waals surface area contributed by atoms with Gasteiger partial charge in [0, 0.05) is 4.75 Å². The monoisotopic (exact) mass is 216 g/mol. The zero-order chi connectivity index (χ0) is 10.7. The van der Waals surface area contributed by atoms with Gasteiger partial charge >= 0.3 is 5.97 Å². The fraction of sp³-hybridized carbons (Fsp3) is 0.750. The van der Waals surface area contributed by atoms with Gasteiger partial charge in [-0.2, -0.15) is 0 Å². The molecule has 5 nitrogen and oxygen atoms in total. The summed E-state index contributed by atoms with van der Waals surface area (Å²) in [5.41, 5.74) is 5.59. The second kappa shape index (κ2) is 2.64. The lowest BCUT2D eigenvalue weighted by atomic mass is 9.96. The molecular formula is C8H12N2O3S. The van der Waals surface area contributed by atoms with Gasteiger partial charge in [0.2, 0.25) is 5.91 Å². The maximum absolute atomic E-state index is 11.4. The van der Waals surface area contributed by atoms with Gasteiger partial charge in [-0.25, -0.2) is 4.79 Å². The van der Waals surface area contributed by atoms with Gasteiger partial charge in [-0.1, -0.05) is 0 Å². The van der Waals surface area contributed by atoms with E-state index < -0.39 is 22.8 Å². The first kappa shape index (κ1) is 9.79. The Balaban J connectivity index is 2.32. The number of carboxylic acids is 1. The molecular weight excluding hydrogens is 204 g/mol. The summed E-state index contributed by atoms with van der Waals surface area (Å²) in [6.45, 7) is 3.66. The summed E-state index contributed by atoms with van der Waals surface area (Å²) in [5.74, 6) is -1.20. The van der Waals surface area contributed by atoms with Crippen molar-refractivity contribution in [3.63, 3.8) is 0 Å². The fourth-order valence-electron chi connectivity index (χ4n) is 2.04. The molecule has 0 aliphatic carbocycles. The van der Waals surface area contributed by atoms with Gasteiger partial charge in [-0.3, -0.25) is 4.79 Å². The Bertz CT molecular complexity index is 318. The summed E-state index contributed by atoms with van der Waals surface area (Å²) in [7, 11) is 0. The van der Waals surface area contributed by atoms with E-state index in [0.717, 1.165) is 0 Å². The maximum Gasteiger partial charge on any atom is 0.327 e. The van der Waals surface area contributed by atoms with Gasteiger partial charge in [0.1, 0.15) is 17.5 Å². The summed E-state index contributed by atoms with van der Waals surface area (Å²) in [6.07, 6.45) is 0. The van der Waals surface area contributed by atoms with E-state index in [9.17, 15) is 9.59 Å². The number of aliphatic carboxylic acids is 1. The molecule has 0 aromatic rings. The highest BCUT2D eigenvalue weighted by Crippen LogP contribution is 2.50. The molecule has 2 fully saturated rings. The van der Waals surface area contributed by atoms with Gasteiger partial charge < -0.3 is 15.7 Å². The Morgan fingerprint density at radius 3 is 2.71 bits per heavy atom. The van der Waals surface area contributed by atoms with Gasteiger partial charge in [0.15, 0.2) is 0 Å². The highest BCUT2D eigenvalue weighted by Gasteiger charge is 2.62. The van der Waals surface area contributed by atoms with Crippen LogP contribution in [0, 0.1) is 0 Å². The standard InChI is InChI=1S/C8H12N2O3S/c1-8(2)4(7(12)13)10-5(11)3(9)6(10)14-8/h3-4,6H,9H2,1-2H3,(H,12,13)/t3-,4?,6?/m0/s1. The smallest absolute Gasteiger partial charge is 0.327 e. The number of carbonyl (C=O) groups excluding carboxylic acids is 1. The van der Waals surface area contributed by atoms with Crippen LogP contribution < -0.4 is 5.73 Å². The molecule has 78 valence electrons. The van der Waals surface area contributed by atoms with Crippen molar-refractivity contribution in [1.29, 1.82) is 0 Å². The minimum atomic E-state index is -0.953. The topological polar surface area (TPSA) is 83.6 Å². The molecule has 0 aromatic carbocycles. The number of nitrogens with two attached hydrogens (primary N) is 1. The summed E-state index contributed by atoms with van der Waals surface area (Å²) in [4.78, 5) is 23.8. The molecule has 0 aromatic heterocycles. The number of fused-ring (bicyclic) bond motifs is 1. The van der Waals surface area contributed by atoms with Crippen LogP contribution in [-0.4, -0.2) is 44.1 Å². The minimum absolute atomic E-state index is 0.154. The Hall–Kier alpha value is -0.750. The third-order valence-corrected chi connectivity index (χ3v) is 4.31. The van der Waals surface area contributed by atoms with Gasteiger partial charge in [-0.05, 0) is 13.8 Å². The van der Waals surface area contributed by atoms with E-state index in [-0.39, 0.29) is 11.3 Å². The van der Waals surface area contributed by atoms with E-state index in [1.807, 2.05) is 13.8 Å². The van der Waals surface area contributed by atoms with Crippen LogP contribution >= 0.6 is 11.8 Å². The lowest BCUT2D eigenvalue weighted by Crippen LogP contribution is -2.68. The van der Waals surface area contributed by atoms with Crippen molar-refractivity contribution >= 4 is 23.6 Å². The van der Waals surface area contributed by atoms with Crippen LogP contribution in [0.1, 0.15) is 13.8 Å². The van der Waals surface area contributed by atoms with Crippen LogP contribution in [0.4, 0.5) is 0 Å². The van der Waals surface area contributed by atoms with E-state index in [2.05, 4.69) is 0 Å². The average molecular weight is 216 g/mol. The Morgan fingerprint density at radius 2 is 2.21 bits per heavy atom. The normalized spacial score (nSPS) is 39.2. The van der Waals surface area contributed by atoms with Crippen LogP contribution in [0.3, 0.4) is 0 Å². The third-order valence-electron chi connectivity index (χ3n) is 2.72. The molecule has 0 radical (unpaired) electrons. The number of carbonyl (C=O) groups is 2. The molecule has 2 saturated heterocycles. The number of amides is 1. The van der Waals surface area contributed by atoms with Crippen molar-refractivity contribution in [3.8, 4) is 0 Å². The molecule has 2 aliphatic heterocycles. The highest BCUT2D eigenvalue weighted by molar-refractivity contribution is 8.01. The third kappa shape index (κ3) is 1.01. The SMILES string of the molecule is CC1(C)SC2[C@@H](N)C(=O)N2C1C(=O)O. The van der Waals surface area contributed by atoms with Crippen LogP contribution in [0.2, 0.25) is 0 Å². The number of nitrogens with zero attached hydrogens (tertiary/aromatic N) is 1. The zero-order valence-corrected chi connectivity index (χ0v) is 8.75. The van der Waals surface area contributed by atoms with Crippen molar-refractivity contribution in [2.75, 3.05) is 0 Å². The molecule has 1 amide bonds. The van der Waals surface area contributed by atoms with Crippen molar-refractivity contribution in [3.05, 3.63) is 0 Å². The minimum Gasteiger partial charge on any atom is -0.480 e. The second-order valence-corrected chi connectivity index (χ2v) is 5.89. The maximum atomic E-state index is 11.4. The first-order valence-electron chi connectivity index (χ1n) is 4.34. The Morgan fingerprint density at radius 1 is 1.64 bits per heavy atom. The number of hydrogen-bond donors (Lipinski definition) is 2. The van der Waals surface area contributed by atoms with E-state index in [4.69, 9.17) is 10.8 Å². The quantitative estimate of drug-likeness (QED) is 0.575. The van der Waals surface area contributed by atoms with Crippen molar-refractivity contribution in [1.82, 2.24) is 4.90 Å². The Labute approximate surface area is 85.6 Å². The van der Waals surface area contributed by atoms with Crippen molar-refractivity contribution < 1.29 is 14.7 Å². The lowest BCUT2D eigenvalue weighted by Gasteiger charge is -2.41. The molecule has 0 bridgehead atoms. The largest absolute Gasteiger partial charge is 0.480 e. The van der Waals surface area contributed by atoms with E-state index in [1.165, 1.54) is 16.7 Å². The average Bonchev–Trinajstić information content (AvgIpc) is 2.34. The number of hydrogen-bond acceptors (Lipinski definition) is 4. The molecule has 2 heterocycles. The van der Waals surface area contributed by atoms with E-state index in [1.54, 1.807) is 0 Å². The molecule has 2 aliphatic rings. The predicted octanol–water partition coefficient (Wildman–Crippen LogP) is -0.539. The molecule has 3 N–H and O–H groups in total. The van der Waals surface area contributed by atoms with Gasteiger partial charge in [0.05, 0.1) is 0 Å². The fourth-order valence-corrected chi connectivity index (χ4v) is 3.61. The second-order valence-electron chi connectivity index (χ2n) is 4.12. The number of rotatable bonds is 1. The molecule has 0 saturated carbocycles. The molecule has 2 rings (SSSR count). The molecule has 3 atom stereocenters. The summed E-state index contributed by atoms with van der Waals surface area (Å²) < 4.78 is -0.458. The molecule has 0 spiro atoms. The van der Waals surface area contributed by atoms with Gasteiger partial charge in [-0.15, -0.1) is 11.8 Å². The van der Waals surface area contributed by atoms with E-state index in [0.29, 0.717) is 0 Å². The summed E-state index contributed by atoms with van der Waals surface area (Å²) in [5, 5.41) is 8.87. The van der Waals surface area contributed by atoms with Crippen LogP contribution in [-0.2, 0) is 9.59 Å². The van der Waals surface area contributed by atoms with Crippen LogP contribution in [0.5, 0.6) is 0 Å². The molecule has 6 heteroatoms. The van der Waals surface area contributed by atoms with Crippen molar-refractivity contribution in [2.45, 2.75) is 36.1 Å². The van der Waals surface area contributed by atoms with Gasteiger partial charge in [0.25, 0.3) is 0 Å². The lowest BCUT2D eigenvalue weighted by molar-refractivity contribution is -0.159. The highest BCUT2D eigenvalue weighted by atomic mass is 32.2. The zero-order valence-electron chi connectivity index (χ0n) is 7.93. The summed E-state index contributed by atoms with van der Waals surface area (Å²) in [6, 6.07) is -1.27. The van der Waals surface area contributed by atoms with Crippen LogP contribution in [0.25, 0.3) is 0 Å². The van der Waals surface area contributed by atoms with Crippen molar-refractivity contribution in [2.24, 2.45) is 5.73 Å². The summed E-state index contributed by atoms with van der Waals surface area (Å²) >= 11 is 1.47. The number of β-lactam (4-membered cyclic amide) rings is 1. The predicted molar refractivity (Wildman–Crippen MR) is 51.7 cm³/mol. The number of thioether (sulfide) groups is 1. The van der Waals surface area contributed by atoms with E-state index >= 15 is 0 Å². The van der Waals surface area contributed by atoms with Crippen LogP contribution in [0.15, 0.2) is 0 Å².